The second-order valence-electron chi connectivity index (χ2n) is 7.13. The van der Waals surface area contributed by atoms with Crippen LogP contribution in [0.5, 0.6) is 0 Å². The quantitative estimate of drug-likeness (QED) is 0.606. The molecule has 0 bridgehead atoms. The van der Waals surface area contributed by atoms with Crippen LogP contribution in [0, 0.1) is 17.2 Å². The van der Waals surface area contributed by atoms with Gasteiger partial charge in [0.05, 0.1) is 12.1 Å². The summed E-state index contributed by atoms with van der Waals surface area (Å²) in [6.45, 7) is 4.47. The maximum atomic E-state index is 12.9. The maximum absolute atomic E-state index is 12.9. The van der Waals surface area contributed by atoms with Gasteiger partial charge in [0, 0.05) is 29.8 Å². The Bertz CT molecular complexity index is 832. The number of halogens is 1. The zero-order valence-electron chi connectivity index (χ0n) is 15.6. The van der Waals surface area contributed by atoms with Crippen LogP contribution in [-0.2, 0) is 10.3 Å². The SMILES string of the molecule is CC(C#N)C[C@]1(c2ccccc2)CCN([C@@H](C)c2ccc(Br)cc2)C(=O)O1. The smallest absolute Gasteiger partial charge is 0.411 e. The highest BCUT2D eigenvalue weighted by Crippen LogP contribution is 2.41. The van der Waals surface area contributed by atoms with Crippen LogP contribution in [0.2, 0.25) is 0 Å². The summed E-state index contributed by atoms with van der Waals surface area (Å²) in [5, 5.41) is 9.30. The number of carbonyl (C=O) groups is 1. The van der Waals surface area contributed by atoms with Crippen LogP contribution >= 0.6 is 15.9 Å². The lowest BCUT2D eigenvalue weighted by atomic mass is 9.81. The van der Waals surface area contributed by atoms with Gasteiger partial charge in [0.15, 0.2) is 0 Å². The summed E-state index contributed by atoms with van der Waals surface area (Å²) in [4.78, 5) is 14.7. The second-order valence-corrected chi connectivity index (χ2v) is 8.05. The number of nitriles is 1. The third kappa shape index (κ3) is 4.17. The Morgan fingerprint density at radius 2 is 1.85 bits per heavy atom. The first-order valence-corrected chi connectivity index (χ1v) is 9.95. The number of hydrogen-bond acceptors (Lipinski definition) is 3. The number of rotatable bonds is 5. The molecule has 1 aliphatic heterocycles. The van der Waals surface area contributed by atoms with Crippen LogP contribution in [0.15, 0.2) is 59.1 Å². The zero-order valence-corrected chi connectivity index (χ0v) is 17.1. The van der Waals surface area contributed by atoms with Gasteiger partial charge in [-0.15, -0.1) is 0 Å². The van der Waals surface area contributed by atoms with Gasteiger partial charge in [0.2, 0.25) is 0 Å². The summed E-state index contributed by atoms with van der Waals surface area (Å²) in [6.07, 6.45) is 0.834. The van der Waals surface area contributed by atoms with Crippen LogP contribution in [-0.4, -0.2) is 17.5 Å². The van der Waals surface area contributed by atoms with E-state index in [0.29, 0.717) is 19.4 Å². The van der Waals surface area contributed by atoms with E-state index in [-0.39, 0.29) is 18.1 Å². The van der Waals surface area contributed by atoms with Crippen LogP contribution in [0.4, 0.5) is 4.79 Å². The Hall–Kier alpha value is -2.32. The van der Waals surface area contributed by atoms with Gasteiger partial charge in [-0.1, -0.05) is 58.4 Å². The molecule has 3 atom stereocenters. The minimum atomic E-state index is -0.747. The van der Waals surface area contributed by atoms with Gasteiger partial charge >= 0.3 is 6.09 Å². The highest BCUT2D eigenvalue weighted by molar-refractivity contribution is 9.10. The van der Waals surface area contributed by atoms with Crippen molar-refractivity contribution in [3.63, 3.8) is 0 Å². The van der Waals surface area contributed by atoms with Gasteiger partial charge in [0.1, 0.15) is 5.60 Å². The summed E-state index contributed by atoms with van der Waals surface area (Å²) in [5.74, 6) is -0.201. The van der Waals surface area contributed by atoms with Crippen molar-refractivity contribution in [2.24, 2.45) is 5.92 Å². The van der Waals surface area contributed by atoms with Crippen LogP contribution in [0.3, 0.4) is 0 Å². The van der Waals surface area contributed by atoms with Gasteiger partial charge in [-0.05, 0) is 37.1 Å². The van der Waals surface area contributed by atoms with Gasteiger partial charge in [-0.2, -0.15) is 5.26 Å². The molecule has 4 nitrogen and oxygen atoms in total. The Morgan fingerprint density at radius 3 is 2.44 bits per heavy atom. The minimum absolute atomic E-state index is 0.0761. The fraction of sp³-hybridized carbons (Fsp3) is 0.364. The Labute approximate surface area is 168 Å². The Balaban J connectivity index is 1.84. The first kappa shape index (κ1) is 19.4. The molecule has 2 aromatic rings. The number of cyclic esters (lactones) is 1. The van der Waals surface area contributed by atoms with Gasteiger partial charge in [0.25, 0.3) is 0 Å². The van der Waals surface area contributed by atoms with Gasteiger partial charge in [-0.3, -0.25) is 0 Å². The molecule has 0 aliphatic carbocycles. The van der Waals surface area contributed by atoms with E-state index in [1.165, 1.54) is 0 Å². The molecule has 2 aromatic carbocycles. The van der Waals surface area contributed by atoms with Crippen LogP contribution < -0.4 is 0 Å². The zero-order chi connectivity index (χ0) is 19.4. The van der Waals surface area contributed by atoms with Crippen molar-refractivity contribution in [2.75, 3.05) is 6.54 Å². The number of benzene rings is 2. The molecular formula is C22H23BrN2O2. The monoisotopic (exact) mass is 426 g/mol. The predicted molar refractivity (Wildman–Crippen MR) is 108 cm³/mol. The van der Waals surface area contributed by atoms with E-state index in [1.807, 2.05) is 68.4 Å². The molecule has 140 valence electrons. The van der Waals surface area contributed by atoms with E-state index < -0.39 is 5.60 Å². The molecular weight excluding hydrogens is 404 g/mol. The lowest BCUT2D eigenvalue weighted by molar-refractivity contribution is -0.0696. The van der Waals surface area contributed by atoms with E-state index in [1.54, 1.807) is 4.90 Å². The first-order valence-electron chi connectivity index (χ1n) is 9.15. The largest absolute Gasteiger partial charge is 0.438 e. The summed E-state index contributed by atoms with van der Waals surface area (Å²) in [7, 11) is 0. The van der Waals surface area contributed by atoms with Crippen molar-refractivity contribution < 1.29 is 9.53 Å². The topological polar surface area (TPSA) is 53.3 Å². The third-order valence-electron chi connectivity index (χ3n) is 5.25. The highest BCUT2D eigenvalue weighted by Gasteiger charge is 2.44. The van der Waals surface area contributed by atoms with E-state index in [2.05, 4.69) is 22.0 Å². The van der Waals surface area contributed by atoms with Crippen LogP contribution in [0.1, 0.15) is 43.9 Å². The average Bonchev–Trinajstić information content (AvgIpc) is 2.69. The van der Waals surface area contributed by atoms with E-state index >= 15 is 0 Å². The van der Waals surface area contributed by atoms with Gasteiger partial charge < -0.3 is 9.64 Å². The molecule has 0 spiro atoms. The van der Waals surface area contributed by atoms with E-state index in [0.717, 1.165) is 15.6 Å². The number of carbonyl (C=O) groups excluding carboxylic acids is 1. The van der Waals surface area contributed by atoms with Crippen LogP contribution in [0.25, 0.3) is 0 Å². The Morgan fingerprint density at radius 1 is 1.19 bits per heavy atom. The van der Waals surface area contributed by atoms with E-state index in [9.17, 15) is 10.1 Å². The van der Waals surface area contributed by atoms with Crippen molar-refractivity contribution in [1.82, 2.24) is 4.90 Å². The number of hydrogen-bond donors (Lipinski definition) is 0. The van der Waals surface area contributed by atoms with Crippen molar-refractivity contribution >= 4 is 22.0 Å². The molecule has 0 aromatic heterocycles. The first-order chi connectivity index (χ1) is 12.9. The van der Waals surface area contributed by atoms with E-state index in [4.69, 9.17) is 4.74 Å². The predicted octanol–water partition coefficient (Wildman–Crippen LogP) is 5.80. The molecule has 3 rings (SSSR count). The van der Waals surface area contributed by atoms with Crippen molar-refractivity contribution in [3.8, 4) is 6.07 Å². The molecule has 1 aliphatic rings. The van der Waals surface area contributed by atoms with Crippen molar-refractivity contribution in [3.05, 3.63) is 70.2 Å². The normalized spacial score (nSPS) is 21.9. The minimum Gasteiger partial charge on any atom is -0.438 e. The van der Waals surface area contributed by atoms with Crippen molar-refractivity contribution in [2.45, 2.75) is 38.3 Å². The average molecular weight is 427 g/mol. The second kappa shape index (κ2) is 8.14. The standard InChI is InChI=1S/C22H23BrN2O2/c1-16(15-24)14-22(19-6-4-3-5-7-19)12-13-25(21(26)27-22)17(2)18-8-10-20(23)11-9-18/h3-11,16-17H,12-14H2,1-2H3/t16?,17-,22-/m0/s1. The summed E-state index contributed by atoms with van der Waals surface area (Å²) in [6, 6.07) is 20.0. The fourth-order valence-corrected chi connectivity index (χ4v) is 3.95. The summed E-state index contributed by atoms with van der Waals surface area (Å²) < 4.78 is 7.05. The number of ether oxygens (including phenoxy) is 1. The summed E-state index contributed by atoms with van der Waals surface area (Å²) >= 11 is 3.44. The summed E-state index contributed by atoms with van der Waals surface area (Å²) in [5.41, 5.74) is 1.27. The molecule has 0 N–H and O–H groups in total. The molecule has 1 fully saturated rings. The Kier molecular flexibility index (Phi) is 5.86. The molecule has 0 radical (unpaired) electrons. The molecule has 1 unspecified atom stereocenters. The maximum Gasteiger partial charge on any atom is 0.411 e. The number of amides is 1. The van der Waals surface area contributed by atoms with Crippen molar-refractivity contribution in [1.29, 1.82) is 5.26 Å². The molecule has 1 amide bonds. The lowest BCUT2D eigenvalue weighted by Crippen LogP contribution is -2.49. The molecule has 1 saturated heterocycles. The highest BCUT2D eigenvalue weighted by atomic mass is 79.9. The molecule has 0 saturated carbocycles. The lowest BCUT2D eigenvalue weighted by Gasteiger charge is -2.44. The number of nitrogens with zero attached hydrogens (tertiary/aromatic N) is 2. The fourth-order valence-electron chi connectivity index (χ4n) is 3.69. The molecule has 5 heteroatoms. The molecule has 1 heterocycles. The van der Waals surface area contributed by atoms with Gasteiger partial charge in [-0.25, -0.2) is 4.79 Å². The third-order valence-corrected chi connectivity index (χ3v) is 5.78. The molecule has 27 heavy (non-hydrogen) atoms.